The number of aliphatic hydroxyl groups excluding tert-OH is 2. The summed E-state index contributed by atoms with van der Waals surface area (Å²) in [4.78, 5) is 8.70. The molecule has 0 unspecified atom stereocenters. The van der Waals surface area contributed by atoms with Crippen LogP contribution in [0.1, 0.15) is 37.3 Å². The summed E-state index contributed by atoms with van der Waals surface area (Å²) in [5.41, 5.74) is 8.97. The number of aliphatic hydroxyl groups is 2. The quantitative estimate of drug-likeness (QED) is 0.406. The fourth-order valence-corrected chi connectivity index (χ4v) is 3.40. The van der Waals surface area contributed by atoms with Gasteiger partial charge in [-0.25, -0.2) is 4.98 Å². The first-order chi connectivity index (χ1) is 14.1. The first kappa shape index (κ1) is 20.8. The Morgan fingerprint density at radius 1 is 1.24 bits per heavy atom. The number of aromatic nitrogens is 4. The summed E-state index contributed by atoms with van der Waals surface area (Å²) in [5.74, 6) is 1.45. The third kappa shape index (κ3) is 4.75. The summed E-state index contributed by atoms with van der Waals surface area (Å²) in [6, 6.07) is 5.65. The van der Waals surface area contributed by atoms with E-state index in [2.05, 4.69) is 27.3 Å². The summed E-state index contributed by atoms with van der Waals surface area (Å²) >= 11 is 0. The Bertz CT molecular complexity index is 953. The minimum Gasteiger partial charge on any atom is -0.496 e. The second-order valence-electron chi connectivity index (χ2n) is 6.91. The molecule has 3 rings (SSSR count). The number of rotatable bonds is 10. The molecule has 0 fully saturated rings. The van der Waals surface area contributed by atoms with E-state index < -0.39 is 0 Å². The molecule has 3 aromatic rings. The zero-order valence-electron chi connectivity index (χ0n) is 16.8. The maximum atomic E-state index is 9.37. The van der Waals surface area contributed by atoms with Crippen molar-refractivity contribution in [2.24, 2.45) is 0 Å². The minimum absolute atomic E-state index is 0.0494. The van der Waals surface area contributed by atoms with Crippen molar-refractivity contribution in [1.29, 1.82) is 0 Å². The van der Waals surface area contributed by atoms with Gasteiger partial charge in [0.15, 0.2) is 5.82 Å². The van der Waals surface area contributed by atoms with Gasteiger partial charge in [-0.15, -0.1) is 0 Å². The van der Waals surface area contributed by atoms with Gasteiger partial charge in [0, 0.05) is 18.2 Å². The van der Waals surface area contributed by atoms with Crippen molar-refractivity contribution in [2.75, 3.05) is 24.8 Å². The van der Waals surface area contributed by atoms with Crippen molar-refractivity contribution in [3.05, 3.63) is 35.5 Å². The Balaban J connectivity index is 1.99. The second-order valence-corrected chi connectivity index (χ2v) is 6.91. The summed E-state index contributed by atoms with van der Waals surface area (Å²) in [6.45, 7) is 2.59. The lowest BCUT2D eigenvalue weighted by atomic mass is 10.1. The van der Waals surface area contributed by atoms with Crippen molar-refractivity contribution >= 4 is 22.8 Å². The molecule has 2 heterocycles. The van der Waals surface area contributed by atoms with Crippen LogP contribution in [0.4, 0.5) is 11.8 Å². The Labute approximate surface area is 169 Å². The number of hydrogen-bond acceptors (Lipinski definition) is 8. The van der Waals surface area contributed by atoms with Gasteiger partial charge >= 0.3 is 0 Å². The summed E-state index contributed by atoms with van der Waals surface area (Å²) < 4.78 is 7.28. The number of nitrogens with one attached hydrogen (secondary N) is 1. The Kier molecular flexibility index (Phi) is 6.84. The molecule has 0 aliphatic carbocycles. The molecule has 0 aliphatic rings. The van der Waals surface area contributed by atoms with Crippen molar-refractivity contribution in [1.82, 2.24) is 19.7 Å². The van der Waals surface area contributed by atoms with Crippen LogP contribution in [-0.2, 0) is 13.2 Å². The lowest BCUT2D eigenvalue weighted by Gasteiger charge is -2.19. The maximum absolute atomic E-state index is 9.37. The van der Waals surface area contributed by atoms with E-state index in [0.717, 1.165) is 29.5 Å². The third-order valence-electron chi connectivity index (χ3n) is 4.82. The lowest BCUT2D eigenvalue weighted by Crippen LogP contribution is -2.22. The van der Waals surface area contributed by atoms with E-state index in [0.29, 0.717) is 30.0 Å². The van der Waals surface area contributed by atoms with E-state index in [4.69, 9.17) is 10.5 Å². The second kappa shape index (κ2) is 9.53. The zero-order chi connectivity index (χ0) is 20.8. The molecule has 0 aliphatic heterocycles. The van der Waals surface area contributed by atoms with E-state index in [1.165, 1.54) is 0 Å². The number of benzene rings is 1. The van der Waals surface area contributed by atoms with E-state index in [9.17, 15) is 10.2 Å². The molecule has 5 N–H and O–H groups in total. The molecule has 0 saturated carbocycles. The highest BCUT2D eigenvalue weighted by Gasteiger charge is 2.17. The molecule has 1 atom stereocenters. The molecule has 0 radical (unpaired) electrons. The maximum Gasteiger partial charge on any atom is 0.222 e. The van der Waals surface area contributed by atoms with Gasteiger partial charge in [0.25, 0.3) is 0 Å². The third-order valence-corrected chi connectivity index (χ3v) is 4.82. The van der Waals surface area contributed by atoms with Crippen LogP contribution in [0.25, 0.3) is 11.0 Å². The van der Waals surface area contributed by atoms with Crippen LogP contribution in [0, 0.1) is 0 Å². The lowest BCUT2D eigenvalue weighted by molar-refractivity contribution is 0.276. The molecule has 0 spiro atoms. The van der Waals surface area contributed by atoms with E-state index in [1.54, 1.807) is 18.0 Å². The molecule has 2 aromatic heterocycles. The van der Waals surface area contributed by atoms with Crippen LogP contribution in [0.5, 0.6) is 5.75 Å². The van der Waals surface area contributed by atoms with Crippen LogP contribution >= 0.6 is 0 Å². The average molecular weight is 400 g/mol. The Morgan fingerprint density at radius 3 is 2.76 bits per heavy atom. The molecule has 0 saturated heterocycles. The molecule has 0 amide bonds. The number of fused-ring (bicyclic) bond motifs is 1. The van der Waals surface area contributed by atoms with Gasteiger partial charge in [-0.1, -0.05) is 25.5 Å². The fraction of sp³-hybridized carbons (Fsp3) is 0.450. The van der Waals surface area contributed by atoms with Gasteiger partial charge in [0.1, 0.15) is 16.8 Å². The highest BCUT2D eigenvalue weighted by atomic mass is 16.5. The first-order valence-corrected chi connectivity index (χ1v) is 9.72. The topological polar surface area (TPSA) is 131 Å². The molecule has 156 valence electrons. The zero-order valence-corrected chi connectivity index (χ0v) is 16.8. The Hall–Kier alpha value is -2.91. The predicted octanol–water partition coefficient (Wildman–Crippen LogP) is 1.92. The predicted molar refractivity (Wildman–Crippen MR) is 112 cm³/mol. The normalized spacial score (nSPS) is 12.3. The van der Waals surface area contributed by atoms with Crippen molar-refractivity contribution < 1.29 is 14.9 Å². The van der Waals surface area contributed by atoms with Crippen molar-refractivity contribution in [2.45, 2.75) is 45.4 Å². The molecular weight excluding hydrogens is 372 g/mol. The average Bonchev–Trinajstić information content (AvgIpc) is 3.11. The van der Waals surface area contributed by atoms with Crippen molar-refractivity contribution in [3.8, 4) is 5.75 Å². The van der Waals surface area contributed by atoms with E-state index in [1.807, 2.05) is 18.2 Å². The standard InChI is InChI=1S/C20H28N6O3/c1-3-4-15(7-8-27)23-19-18-16(24-20(21)25-19)10-22-26(18)11-14-6-5-13(12-28)9-17(14)29-2/h5-6,9-10,15,27-28H,3-4,7-8,11-12H2,1-2H3,(H3,21,23,24,25)/t15-/m0/s1. The van der Waals surface area contributed by atoms with Crippen LogP contribution in [0.3, 0.4) is 0 Å². The fourth-order valence-electron chi connectivity index (χ4n) is 3.40. The van der Waals surface area contributed by atoms with Gasteiger partial charge in [-0.2, -0.15) is 10.1 Å². The number of ether oxygens (including phenoxy) is 1. The first-order valence-electron chi connectivity index (χ1n) is 9.72. The van der Waals surface area contributed by atoms with Crippen molar-refractivity contribution in [3.63, 3.8) is 0 Å². The number of anilines is 2. The number of nitrogens with zero attached hydrogens (tertiary/aromatic N) is 4. The van der Waals surface area contributed by atoms with Crippen LogP contribution in [-0.4, -0.2) is 49.7 Å². The molecule has 9 heteroatoms. The van der Waals surface area contributed by atoms with Gasteiger partial charge < -0.3 is 26.0 Å². The molecule has 1 aromatic carbocycles. The van der Waals surface area contributed by atoms with Crippen LogP contribution in [0.15, 0.2) is 24.4 Å². The smallest absolute Gasteiger partial charge is 0.222 e. The number of methoxy groups -OCH3 is 1. The van der Waals surface area contributed by atoms with Gasteiger partial charge in [0.2, 0.25) is 5.95 Å². The highest BCUT2D eigenvalue weighted by Crippen LogP contribution is 2.26. The summed E-state index contributed by atoms with van der Waals surface area (Å²) in [7, 11) is 1.60. The van der Waals surface area contributed by atoms with E-state index >= 15 is 0 Å². The SMILES string of the molecule is CCC[C@@H](CCO)Nc1nc(N)nc2cnn(Cc3ccc(CO)cc3OC)c12. The van der Waals surface area contributed by atoms with E-state index in [-0.39, 0.29) is 25.2 Å². The van der Waals surface area contributed by atoms with Gasteiger partial charge in [0.05, 0.1) is 26.5 Å². The highest BCUT2D eigenvalue weighted by molar-refractivity contribution is 5.86. The molecular formula is C20H28N6O3. The molecule has 29 heavy (non-hydrogen) atoms. The summed E-state index contributed by atoms with van der Waals surface area (Å²) in [6.07, 6.45) is 4.16. The molecule has 0 bridgehead atoms. The number of nitrogen functional groups attached to an aromatic ring is 1. The largest absolute Gasteiger partial charge is 0.496 e. The number of nitrogens with two attached hydrogens (primary N) is 1. The molecule has 9 nitrogen and oxygen atoms in total. The van der Waals surface area contributed by atoms with Crippen LogP contribution < -0.4 is 15.8 Å². The monoisotopic (exact) mass is 400 g/mol. The number of hydrogen-bond donors (Lipinski definition) is 4. The summed E-state index contributed by atoms with van der Waals surface area (Å²) in [5, 5.41) is 26.6. The van der Waals surface area contributed by atoms with Gasteiger partial charge in [-0.05, 0) is 24.5 Å². The Morgan fingerprint density at radius 2 is 2.07 bits per heavy atom. The van der Waals surface area contributed by atoms with Crippen LogP contribution in [0.2, 0.25) is 0 Å². The van der Waals surface area contributed by atoms with Gasteiger partial charge in [-0.3, -0.25) is 4.68 Å². The minimum atomic E-state index is -0.0494.